The van der Waals surface area contributed by atoms with Crippen LogP contribution in [0.25, 0.3) is 0 Å². The van der Waals surface area contributed by atoms with Crippen molar-refractivity contribution in [2.45, 2.75) is 58.7 Å². The quantitative estimate of drug-likeness (QED) is 0.713. The van der Waals surface area contributed by atoms with Gasteiger partial charge in [0.05, 0.1) is 19.3 Å². The first-order valence-electron chi connectivity index (χ1n) is 8.25. The number of hydrogen-bond acceptors (Lipinski definition) is 4. The van der Waals surface area contributed by atoms with Crippen LogP contribution in [0.15, 0.2) is 0 Å². The van der Waals surface area contributed by atoms with Gasteiger partial charge < -0.3 is 20.1 Å². The van der Waals surface area contributed by atoms with Crippen molar-refractivity contribution in [1.29, 1.82) is 0 Å². The molecule has 2 rings (SSSR count). The van der Waals surface area contributed by atoms with Crippen molar-refractivity contribution in [2.75, 3.05) is 32.9 Å². The Labute approximate surface area is 124 Å². The van der Waals surface area contributed by atoms with Crippen molar-refractivity contribution < 1.29 is 9.47 Å². The van der Waals surface area contributed by atoms with Gasteiger partial charge in [-0.1, -0.05) is 20.8 Å². The summed E-state index contributed by atoms with van der Waals surface area (Å²) < 4.78 is 11.4. The van der Waals surface area contributed by atoms with Crippen molar-refractivity contribution in [3.8, 4) is 0 Å². The molecule has 0 aromatic heterocycles. The van der Waals surface area contributed by atoms with Crippen LogP contribution in [0.1, 0.15) is 40.5 Å². The van der Waals surface area contributed by atoms with E-state index in [0.29, 0.717) is 24.1 Å². The summed E-state index contributed by atoms with van der Waals surface area (Å²) in [7, 11) is 0. The molecule has 0 amide bonds. The minimum atomic E-state index is 0.252. The van der Waals surface area contributed by atoms with Gasteiger partial charge in [-0.25, -0.2) is 0 Å². The minimum absolute atomic E-state index is 0.252. The number of nitrogens with one attached hydrogen (secondary N) is 2. The highest BCUT2D eigenvalue weighted by Gasteiger charge is 2.48. The molecule has 1 saturated carbocycles. The van der Waals surface area contributed by atoms with Gasteiger partial charge in [0.2, 0.25) is 0 Å². The average molecular weight is 284 g/mol. The summed E-state index contributed by atoms with van der Waals surface area (Å²) in [5, 5.41) is 7.35. The van der Waals surface area contributed by atoms with Crippen LogP contribution in [0, 0.1) is 11.3 Å². The molecule has 2 aliphatic rings. The van der Waals surface area contributed by atoms with Gasteiger partial charge >= 0.3 is 0 Å². The van der Waals surface area contributed by atoms with Gasteiger partial charge in [0.25, 0.3) is 0 Å². The highest BCUT2D eigenvalue weighted by molar-refractivity contribution is 5.03. The van der Waals surface area contributed by atoms with Gasteiger partial charge in [-0.05, 0) is 26.3 Å². The predicted molar refractivity (Wildman–Crippen MR) is 82.0 cm³/mol. The highest BCUT2D eigenvalue weighted by atomic mass is 16.5. The van der Waals surface area contributed by atoms with E-state index in [4.69, 9.17) is 9.47 Å². The normalized spacial score (nSPS) is 36.0. The lowest BCUT2D eigenvalue weighted by Gasteiger charge is -2.52. The van der Waals surface area contributed by atoms with Crippen molar-refractivity contribution in [3.63, 3.8) is 0 Å². The van der Waals surface area contributed by atoms with Crippen LogP contribution in [-0.4, -0.2) is 51.1 Å². The Bertz CT molecular complexity index is 294. The van der Waals surface area contributed by atoms with Gasteiger partial charge in [-0.15, -0.1) is 0 Å². The lowest BCUT2D eigenvalue weighted by atomic mass is 9.64. The zero-order chi connectivity index (χ0) is 14.6. The zero-order valence-corrected chi connectivity index (χ0v) is 13.6. The molecule has 0 radical (unpaired) electrons. The number of ether oxygens (including phenoxy) is 2. The molecular weight excluding hydrogens is 252 g/mol. The van der Waals surface area contributed by atoms with E-state index in [-0.39, 0.29) is 5.41 Å². The van der Waals surface area contributed by atoms with Crippen LogP contribution in [0.2, 0.25) is 0 Å². The largest absolute Gasteiger partial charge is 0.379 e. The molecule has 118 valence electrons. The SMILES string of the molecule is CCCNC1COCC1CNC1CC(OCC)C1(C)C. The Kier molecular flexibility index (Phi) is 5.84. The minimum Gasteiger partial charge on any atom is -0.379 e. The fraction of sp³-hybridized carbons (Fsp3) is 1.00. The Morgan fingerprint density at radius 3 is 2.65 bits per heavy atom. The molecule has 4 nitrogen and oxygen atoms in total. The first kappa shape index (κ1) is 16.2. The van der Waals surface area contributed by atoms with Gasteiger partial charge in [0.15, 0.2) is 0 Å². The van der Waals surface area contributed by atoms with E-state index >= 15 is 0 Å². The van der Waals surface area contributed by atoms with E-state index in [1.807, 2.05) is 0 Å². The van der Waals surface area contributed by atoms with E-state index in [2.05, 4.69) is 38.3 Å². The summed E-state index contributed by atoms with van der Waals surface area (Å²) in [5.74, 6) is 0.600. The third-order valence-electron chi connectivity index (χ3n) is 5.03. The Hall–Kier alpha value is -0.160. The van der Waals surface area contributed by atoms with Crippen molar-refractivity contribution in [1.82, 2.24) is 10.6 Å². The second-order valence-corrected chi connectivity index (χ2v) is 6.82. The van der Waals surface area contributed by atoms with Crippen LogP contribution in [0.3, 0.4) is 0 Å². The summed E-state index contributed by atoms with van der Waals surface area (Å²) in [4.78, 5) is 0. The number of hydrogen-bond donors (Lipinski definition) is 2. The molecule has 0 spiro atoms. The molecule has 20 heavy (non-hydrogen) atoms. The molecule has 1 saturated heterocycles. The summed E-state index contributed by atoms with van der Waals surface area (Å²) in [5.41, 5.74) is 0.252. The van der Waals surface area contributed by atoms with Crippen LogP contribution in [-0.2, 0) is 9.47 Å². The molecule has 1 aliphatic heterocycles. The van der Waals surface area contributed by atoms with Gasteiger partial charge in [0.1, 0.15) is 0 Å². The first-order chi connectivity index (χ1) is 9.59. The molecule has 2 N–H and O–H groups in total. The molecule has 4 unspecified atom stereocenters. The van der Waals surface area contributed by atoms with E-state index in [1.165, 1.54) is 6.42 Å². The van der Waals surface area contributed by atoms with Crippen molar-refractivity contribution in [3.05, 3.63) is 0 Å². The molecule has 0 aromatic carbocycles. The predicted octanol–water partition coefficient (Wildman–Crippen LogP) is 1.79. The van der Waals surface area contributed by atoms with Crippen molar-refractivity contribution >= 4 is 0 Å². The molecule has 1 aliphatic carbocycles. The maximum atomic E-state index is 5.79. The van der Waals surface area contributed by atoms with Crippen LogP contribution in [0.5, 0.6) is 0 Å². The molecule has 4 heteroatoms. The van der Waals surface area contributed by atoms with E-state index in [0.717, 1.165) is 39.3 Å². The Morgan fingerprint density at radius 1 is 1.20 bits per heavy atom. The molecule has 4 atom stereocenters. The maximum absolute atomic E-state index is 5.79. The van der Waals surface area contributed by atoms with Crippen LogP contribution >= 0.6 is 0 Å². The molecule has 0 bridgehead atoms. The third-order valence-corrected chi connectivity index (χ3v) is 5.03. The summed E-state index contributed by atoms with van der Waals surface area (Å²) >= 11 is 0. The lowest BCUT2D eigenvalue weighted by molar-refractivity contribution is -0.114. The topological polar surface area (TPSA) is 42.5 Å². The Morgan fingerprint density at radius 2 is 2.00 bits per heavy atom. The maximum Gasteiger partial charge on any atom is 0.0655 e. The second kappa shape index (κ2) is 7.21. The molecular formula is C16H32N2O2. The molecule has 0 aromatic rings. The fourth-order valence-corrected chi connectivity index (χ4v) is 3.36. The smallest absolute Gasteiger partial charge is 0.0655 e. The van der Waals surface area contributed by atoms with E-state index < -0.39 is 0 Å². The standard InChI is InChI=1S/C16H32N2O2/c1-5-7-17-13-11-19-10-12(13)9-18-14-8-15(20-6-2)16(14,3)4/h12-15,17-18H,5-11H2,1-4H3. The highest BCUT2D eigenvalue weighted by Crippen LogP contribution is 2.42. The number of rotatable bonds is 8. The van der Waals surface area contributed by atoms with E-state index in [9.17, 15) is 0 Å². The van der Waals surface area contributed by atoms with Gasteiger partial charge in [-0.3, -0.25) is 0 Å². The second-order valence-electron chi connectivity index (χ2n) is 6.82. The fourth-order valence-electron chi connectivity index (χ4n) is 3.36. The van der Waals surface area contributed by atoms with Gasteiger partial charge in [0, 0.05) is 36.6 Å². The molecule has 2 fully saturated rings. The lowest BCUT2D eigenvalue weighted by Crippen LogP contribution is -2.62. The molecule has 1 heterocycles. The third kappa shape index (κ3) is 3.53. The summed E-state index contributed by atoms with van der Waals surface area (Å²) in [6, 6.07) is 1.10. The van der Waals surface area contributed by atoms with Crippen LogP contribution in [0.4, 0.5) is 0 Å². The summed E-state index contributed by atoms with van der Waals surface area (Å²) in [6.07, 6.45) is 2.74. The summed E-state index contributed by atoms with van der Waals surface area (Å²) in [6.45, 7) is 13.6. The zero-order valence-electron chi connectivity index (χ0n) is 13.6. The average Bonchev–Trinajstić information content (AvgIpc) is 2.87. The van der Waals surface area contributed by atoms with E-state index in [1.54, 1.807) is 0 Å². The Balaban J connectivity index is 1.73. The monoisotopic (exact) mass is 284 g/mol. The van der Waals surface area contributed by atoms with Crippen LogP contribution < -0.4 is 10.6 Å². The van der Waals surface area contributed by atoms with Gasteiger partial charge in [-0.2, -0.15) is 0 Å². The first-order valence-corrected chi connectivity index (χ1v) is 8.25. The van der Waals surface area contributed by atoms with Crippen molar-refractivity contribution in [2.24, 2.45) is 11.3 Å².